The molecule has 0 aromatic rings. The van der Waals surface area contributed by atoms with Gasteiger partial charge in [0.1, 0.15) is 16.7 Å². The van der Waals surface area contributed by atoms with Crippen molar-refractivity contribution in [1.29, 1.82) is 0 Å². The van der Waals surface area contributed by atoms with Crippen LogP contribution < -0.4 is 0 Å². The van der Waals surface area contributed by atoms with Gasteiger partial charge in [-0.3, -0.25) is 0 Å². The van der Waals surface area contributed by atoms with E-state index >= 15 is 57.1 Å². The average Bonchev–Trinajstić information content (AvgIpc) is 3.02. The van der Waals surface area contributed by atoms with Crippen molar-refractivity contribution < 1.29 is 139 Å². The molecule has 59 heavy (non-hydrogen) atoms. The molecule has 3 unspecified atom stereocenters. The summed E-state index contributed by atoms with van der Waals surface area (Å²) >= 11 is 0. The predicted octanol–water partition coefficient (Wildman–Crippen LogP) is 7.84. The van der Waals surface area contributed by atoms with Gasteiger partial charge in [-0.05, 0) is 20.8 Å². The molecular formula is C28H18F22O9. The lowest BCUT2D eigenvalue weighted by Gasteiger charge is -2.77. The van der Waals surface area contributed by atoms with Crippen LogP contribution in [0.1, 0.15) is 20.8 Å². The number of esters is 3. The summed E-state index contributed by atoms with van der Waals surface area (Å²) in [5, 5.41) is 0. The van der Waals surface area contributed by atoms with Gasteiger partial charge >= 0.3 is 77.6 Å². The minimum absolute atomic E-state index is 0.511. The van der Waals surface area contributed by atoms with Crippen molar-refractivity contribution in [2.75, 3.05) is 0 Å². The molecule has 31 heteroatoms. The highest BCUT2D eigenvalue weighted by Crippen LogP contribution is 2.89. The third-order valence-corrected chi connectivity index (χ3v) is 8.89. The number of rotatable bonds is 12. The summed E-state index contributed by atoms with van der Waals surface area (Å²) in [4.78, 5) is 35.6. The first-order valence-corrected chi connectivity index (χ1v) is 14.7. The maximum Gasteiger partial charge on any atom is 0.422 e. The Labute approximate surface area is 310 Å². The molecule has 4 saturated carbocycles. The van der Waals surface area contributed by atoms with Crippen LogP contribution in [0.15, 0.2) is 36.5 Å². The molecule has 0 N–H and O–H groups in total. The Bertz CT molecular complexity index is 1590. The van der Waals surface area contributed by atoms with Gasteiger partial charge in [-0.2, -0.15) is 92.2 Å². The summed E-state index contributed by atoms with van der Waals surface area (Å²) in [7, 11) is 0. The van der Waals surface area contributed by atoms with Crippen LogP contribution in [0, 0.1) is 0 Å². The highest BCUT2D eigenvalue weighted by molar-refractivity contribution is 5.90. The average molecular weight is 916 g/mol. The van der Waals surface area contributed by atoms with Crippen molar-refractivity contribution in [2.45, 2.75) is 116 Å². The maximum atomic E-state index is 16.7. The van der Waals surface area contributed by atoms with Gasteiger partial charge in [-0.25, -0.2) is 18.8 Å². The predicted molar refractivity (Wildman–Crippen MR) is 137 cm³/mol. The molecule has 0 aromatic heterocycles. The zero-order chi connectivity index (χ0) is 46.9. The number of hydrogen-bond donors (Lipinski definition) is 0. The molecule has 4 rings (SSSR count). The molecular weight excluding hydrogens is 898 g/mol. The van der Waals surface area contributed by atoms with Gasteiger partial charge in [0.25, 0.3) is 16.8 Å². The molecule has 0 aliphatic heterocycles. The fraction of sp³-hybridized carbons (Fsp3) is 0.679. The summed E-state index contributed by atoms with van der Waals surface area (Å²) < 4.78 is 352. The summed E-state index contributed by atoms with van der Waals surface area (Å²) in [6, 6.07) is 0. The summed E-state index contributed by atoms with van der Waals surface area (Å²) in [5.41, 5.74) is -39.8. The fourth-order valence-electron chi connectivity index (χ4n) is 6.34. The second-order valence-electron chi connectivity index (χ2n) is 12.3. The van der Waals surface area contributed by atoms with Crippen LogP contribution in [-0.4, -0.2) is 113 Å². The molecule has 0 saturated heterocycles. The van der Waals surface area contributed by atoms with E-state index in [-0.39, 0.29) is 0 Å². The largest absolute Gasteiger partial charge is 0.432 e. The van der Waals surface area contributed by atoms with Gasteiger partial charge in [-0.15, -0.1) is 0 Å². The molecule has 9 nitrogen and oxygen atoms in total. The molecule has 0 spiro atoms. The monoisotopic (exact) mass is 916 g/mol. The Kier molecular flexibility index (Phi) is 11.1. The minimum Gasteiger partial charge on any atom is -0.432 e. The normalized spacial score (nSPS) is 32.3. The van der Waals surface area contributed by atoms with Gasteiger partial charge in [0, 0.05) is 0 Å². The molecule has 0 amide bonds. The Morgan fingerprint density at radius 2 is 0.559 bits per heavy atom. The molecule has 0 aromatic carbocycles. The van der Waals surface area contributed by atoms with Gasteiger partial charge in [0.05, 0.1) is 0 Å². The number of halogens is 22. The van der Waals surface area contributed by atoms with Crippen molar-refractivity contribution in [3.63, 3.8) is 0 Å². The Hall–Kier alpha value is -4.03. The first kappa shape index (κ1) is 49.3. The zero-order valence-corrected chi connectivity index (χ0v) is 28.3. The lowest BCUT2D eigenvalue weighted by Crippen LogP contribution is -3.12. The lowest BCUT2D eigenvalue weighted by atomic mass is 9.38. The first-order valence-electron chi connectivity index (χ1n) is 14.7. The number of alkyl halides is 22. The van der Waals surface area contributed by atoms with Crippen LogP contribution in [0.2, 0.25) is 0 Å². The molecule has 4 aliphatic rings. The standard InChI is InChI=1S/C28H18F22O9/c1-7(16(29,30)31)13(51)54-10(4)57-20-23(39,40)19(38)24(41,42)21(26(20,45)46,58-11(5)55-14(52)8(2)17(32,33)34)28(49,50)22(25(19,43)44,27(20,47)48)59-12(6)56-15(53)9(3)18(35,36)37/h10-12H,1-3H2,4-6H3. The van der Waals surface area contributed by atoms with Crippen LogP contribution >= 0.6 is 0 Å². The van der Waals surface area contributed by atoms with Crippen molar-refractivity contribution in [3.8, 4) is 0 Å². The number of carbonyl (C=O) groups is 3. The topological polar surface area (TPSA) is 107 Å². The number of ether oxygens (including phenoxy) is 6. The van der Waals surface area contributed by atoms with Crippen molar-refractivity contribution in [1.82, 2.24) is 0 Å². The zero-order valence-electron chi connectivity index (χ0n) is 28.3. The van der Waals surface area contributed by atoms with Crippen LogP contribution in [0.4, 0.5) is 96.6 Å². The Morgan fingerprint density at radius 3 is 0.712 bits per heavy atom. The molecule has 338 valence electrons. The number of hydrogen-bond acceptors (Lipinski definition) is 9. The van der Waals surface area contributed by atoms with E-state index in [1.54, 1.807) is 0 Å². The Morgan fingerprint density at radius 1 is 0.390 bits per heavy atom. The third kappa shape index (κ3) is 5.63. The third-order valence-electron chi connectivity index (χ3n) is 8.89. The SMILES string of the molecule is C=C(C(=O)OC(C)OC12C(F)(F)C3(F)C(F)(F)C(OC(C)OC(=O)C(=C)C(F)(F)F)(C1(F)F)C(F)(F)C(OC(C)OC(=O)C(=C)C(F)(F)F)(C3(F)F)C2(F)F)C(F)(F)F. The molecule has 0 heterocycles. The maximum absolute atomic E-state index is 16.7. The molecule has 4 bridgehead atoms. The molecule has 4 aliphatic carbocycles. The highest BCUT2D eigenvalue weighted by atomic mass is 19.4. The Balaban J connectivity index is 2.56. The quantitative estimate of drug-likeness (QED) is 0.0637. The highest BCUT2D eigenvalue weighted by Gasteiger charge is 3.23. The molecule has 0 radical (unpaired) electrons. The van der Waals surface area contributed by atoms with E-state index in [1.165, 1.54) is 0 Å². The first-order chi connectivity index (χ1) is 25.8. The summed E-state index contributed by atoms with van der Waals surface area (Å²) in [6.07, 6.45) is -30.4. The van der Waals surface area contributed by atoms with Gasteiger partial charge in [-0.1, -0.05) is 19.7 Å². The van der Waals surface area contributed by atoms with Crippen molar-refractivity contribution >= 4 is 17.9 Å². The van der Waals surface area contributed by atoms with Crippen molar-refractivity contribution in [3.05, 3.63) is 36.5 Å². The van der Waals surface area contributed by atoms with E-state index in [9.17, 15) is 53.9 Å². The molecule has 3 atom stereocenters. The van der Waals surface area contributed by atoms with E-state index in [1.807, 2.05) is 19.7 Å². The summed E-state index contributed by atoms with van der Waals surface area (Å²) in [6.45, 7) is 4.52. The summed E-state index contributed by atoms with van der Waals surface area (Å²) in [5.74, 6) is -58.6. The second kappa shape index (κ2) is 13.2. The van der Waals surface area contributed by atoms with E-state index in [2.05, 4.69) is 28.4 Å². The van der Waals surface area contributed by atoms with E-state index in [0.29, 0.717) is 0 Å². The van der Waals surface area contributed by atoms with Gasteiger partial charge in [0.15, 0.2) is 0 Å². The smallest absolute Gasteiger partial charge is 0.422 e. The van der Waals surface area contributed by atoms with E-state index in [0.717, 1.165) is 0 Å². The van der Waals surface area contributed by atoms with Gasteiger partial charge in [0.2, 0.25) is 18.9 Å². The molecule has 4 fully saturated rings. The second-order valence-corrected chi connectivity index (χ2v) is 12.3. The lowest BCUT2D eigenvalue weighted by molar-refractivity contribution is -0.650. The van der Waals surface area contributed by atoms with E-state index < -0.39 is 151 Å². The fourth-order valence-corrected chi connectivity index (χ4v) is 6.34. The van der Waals surface area contributed by atoms with Crippen LogP contribution in [-0.2, 0) is 42.8 Å². The van der Waals surface area contributed by atoms with Crippen LogP contribution in [0.25, 0.3) is 0 Å². The van der Waals surface area contributed by atoms with E-state index in [4.69, 9.17) is 0 Å². The minimum atomic E-state index is -8.26. The van der Waals surface area contributed by atoms with Crippen molar-refractivity contribution in [2.24, 2.45) is 0 Å². The van der Waals surface area contributed by atoms with Crippen LogP contribution in [0.3, 0.4) is 0 Å². The van der Waals surface area contributed by atoms with Crippen LogP contribution in [0.5, 0.6) is 0 Å². The number of carbonyl (C=O) groups excluding carboxylic acids is 3. The van der Waals surface area contributed by atoms with Gasteiger partial charge < -0.3 is 28.4 Å².